The van der Waals surface area contributed by atoms with E-state index in [0.717, 1.165) is 11.0 Å². The molecule has 3 rings (SSSR count). The largest absolute Gasteiger partial charge is 0.495 e. The van der Waals surface area contributed by atoms with Crippen LogP contribution in [0.15, 0.2) is 47.3 Å². The molecule has 0 bridgehead atoms. The number of ether oxygens (including phenoxy) is 1. The summed E-state index contributed by atoms with van der Waals surface area (Å²) in [6.07, 6.45) is 0. The Kier molecular flexibility index (Phi) is 2.80. The van der Waals surface area contributed by atoms with E-state index in [-0.39, 0.29) is 5.69 Å². The maximum atomic E-state index is 12.0. The van der Waals surface area contributed by atoms with Crippen LogP contribution >= 0.6 is 11.6 Å². The molecule has 19 heavy (non-hydrogen) atoms. The monoisotopic (exact) mass is 274 g/mol. The van der Waals surface area contributed by atoms with Gasteiger partial charge >= 0.3 is 5.69 Å². The van der Waals surface area contributed by atoms with Crippen molar-refractivity contribution >= 4 is 22.6 Å². The summed E-state index contributed by atoms with van der Waals surface area (Å²) in [7, 11) is 1.55. The average Bonchev–Trinajstić information content (AvgIpc) is 2.74. The van der Waals surface area contributed by atoms with Gasteiger partial charge < -0.3 is 9.72 Å². The van der Waals surface area contributed by atoms with Gasteiger partial charge in [0, 0.05) is 0 Å². The number of para-hydroxylation sites is 2. The second-order valence-electron chi connectivity index (χ2n) is 4.10. The topological polar surface area (TPSA) is 47.0 Å². The van der Waals surface area contributed by atoms with Gasteiger partial charge in [0.25, 0.3) is 0 Å². The van der Waals surface area contributed by atoms with Crippen molar-refractivity contribution < 1.29 is 4.74 Å². The first kappa shape index (κ1) is 11.9. The predicted molar refractivity (Wildman–Crippen MR) is 75.5 cm³/mol. The molecule has 4 nitrogen and oxygen atoms in total. The van der Waals surface area contributed by atoms with E-state index in [2.05, 4.69) is 4.98 Å². The molecule has 1 aromatic heterocycles. The zero-order chi connectivity index (χ0) is 13.4. The van der Waals surface area contributed by atoms with Crippen LogP contribution in [0.2, 0.25) is 5.02 Å². The van der Waals surface area contributed by atoms with E-state index < -0.39 is 0 Å². The predicted octanol–water partition coefficient (Wildman–Crippen LogP) is 2.98. The maximum Gasteiger partial charge on any atom is 0.331 e. The molecular weight excluding hydrogens is 264 g/mol. The van der Waals surface area contributed by atoms with Gasteiger partial charge in [-0.25, -0.2) is 4.79 Å². The molecule has 0 radical (unpaired) electrons. The first-order valence-electron chi connectivity index (χ1n) is 5.74. The third-order valence-electron chi connectivity index (χ3n) is 2.98. The van der Waals surface area contributed by atoms with E-state index in [9.17, 15) is 4.79 Å². The number of hydrogen-bond acceptors (Lipinski definition) is 2. The minimum Gasteiger partial charge on any atom is -0.495 e. The quantitative estimate of drug-likeness (QED) is 0.781. The van der Waals surface area contributed by atoms with Gasteiger partial charge in [-0.15, -0.1) is 0 Å². The van der Waals surface area contributed by atoms with Crippen LogP contribution in [0, 0.1) is 0 Å². The molecule has 2 aromatic carbocycles. The zero-order valence-corrected chi connectivity index (χ0v) is 10.9. The van der Waals surface area contributed by atoms with Crippen molar-refractivity contribution in [2.24, 2.45) is 0 Å². The first-order chi connectivity index (χ1) is 9.20. The number of halogens is 1. The van der Waals surface area contributed by atoms with Crippen molar-refractivity contribution in [1.29, 1.82) is 0 Å². The second kappa shape index (κ2) is 4.48. The van der Waals surface area contributed by atoms with E-state index in [1.807, 2.05) is 24.3 Å². The van der Waals surface area contributed by atoms with Crippen molar-refractivity contribution in [3.8, 4) is 11.4 Å². The summed E-state index contributed by atoms with van der Waals surface area (Å²) < 4.78 is 6.69. The summed E-state index contributed by atoms with van der Waals surface area (Å²) in [5, 5.41) is 0.470. The Hall–Kier alpha value is -2.20. The molecule has 3 aromatic rings. The minimum atomic E-state index is -0.192. The number of H-pyrrole nitrogens is 1. The lowest BCUT2D eigenvalue weighted by atomic mass is 10.2. The lowest BCUT2D eigenvalue weighted by Gasteiger charge is -2.07. The molecule has 0 saturated heterocycles. The molecule has 96 valence electrons. The number of hydrogen-bond donors (Lipinski definition) is 1. The third kappa shape index (κ3) is 1.90. The normalized spacial score (nSPS) is 10.8. The zero-order valence-electron chi connectivity index (χ0n) is 10.2. The smallest absolute Gasteiger partial charge is 0.331 e. The summed E-state index contributed by atoms with van der Waals surface area (Å²) in [5.41, 5.74) is 2.11. The number of fused-ring (bicyclic) bond motifs is 1. The van der Waals surface area contributed by atoms with E-state index in [0.29, 0.717) is 16.5 Å². The SMILES string of the molecule is COc1ccc(-n2c(=O)[nH]c3ccccc32)cc1Cl. The highest BCUT2D eigenvalue weighted by Crippen LogP contribution is 2.27. The van der Waals surface area contributed by atoms with Gasteiger partial charge in [0.15, 0.2) is 0 Å². The highest BCUT2D eigenvalue weighted by molar-refractivity contribution is 6.32. The Morgan fingerprint density at radius 3 is 2.74 bits per heavy atom. The van der Waals surface area contributed by atoms with Gasteiger partial charge in [-0.3, -0.25) is 4.57 Å². The van der Waals surface area contributed by atoms with Gasteiger partial charge in [-0.1, -0.05) is 23.7 Å². The molecule has 0 unspecified atom stereocenters. The number of nitrogens with zero attached hydrogens (tertiary/aromatic N) is 1. The number of aromatic amines is 1. The number of rotatable bonds is 2. The summed E-state index contributed by atoms with van der Waals surface area (Å²) in [6.45, 7) is 0. The number of aromatic nitrogens is 2. The minimum absolute atomic E-state index is 0.192. The molecular formula is C14H11ClN2O2. The highest BCUT2D eigenvalue weighted by Gasteiger charge is 2.10. The fourth-order valence-corrected chi connectivity index (χ4v) is 2.36. The molecule has 0 saturated carbocycles. The molecule has 1 N–H and O–H groups in total. The van der Waals surface area contributed by atoms with Gasteiger partial charge in [-0.05, 0) is 30.3 Å². The summed E-state index contributed by atoms with van der Waals surface area (Å²) >= 11 is 6.10. The fraction of sp³-hybridized carbons (Fsp3) is 0.0714. The van der Waals surface area contributed by atoms with Crippen LogP contribution in [0.1, 0.15) is 0 Å². The first-order valence-corrected chi connectivity index (χ1v) is 6.12. The molecule has 0 spiro atoms. The number of imidazole rings is 1. The van der Waals surface area contributed by atoms with E-state index in [1.165, 1.54) is 0 Å². The van der Waals surface area contributed by atoms with E-state index in [1.54, 1.807) is 29.9 Å². The van der Waals surface area contributed by atoms with Crippen LogP contribution in [0.4, 0.5) is 0 Å². The molecule has 0 fully saturated rings. The summed E-state index contributed by atoms with van der Waals surface area (Å²) in [4.78, 5) is 14.8. The van der Waals surface area contributed by atoms with Crippen LogP contribution in [0.3, 0.4) is 0 Å². The van der Waals surface area contributed by atoms with Crippen molar-refractivity contribution in [1.82, 2.24) is 9.55 Å². The molecule has 0 aliphatic carbocycles. The van der Waals surface area contributed by atoms with E-state index in [4.69, 9.17) is 16.3 Å². The number of nitrogens with one attached hydrogen (secondary N) is 1. The lowest BCUT2D eigenvalue weighted by molar-refractivity contribution is 0.415. The molecule has 5 heteroatoms. The van der Waals surface area contributed by atoms with Gasteiger partial charge in [0.2, 0.25) is 0 Å². The number of benzene rings is 2. The molecule has 0 amide bonds. The molecule has 0 aliphatic rings. The number of methoxy groups -OCH3 is 1. The van der Waals surface area contributed by atoms with Gasteiger partial charge in [-0.2, -0.15) is 0 Å². The van der Waals surface area contributed by atoms with Crippen molar-refractivity contribution in [2.45, 2.75) is 0 Å². The van der Waals surface area contributed by atoms with Gasteiger partial charge in [0.05, 0.1) is 28.9 Å². The second-order valence-corrected chi connectivity index (χ2v) is 4.51. The van der Waals surface area contributed by atoms with Crippen LogP contribution in [0.25, 0.3) is 16.7 Å². The summed E-state index contributed by atoms with van der Waals surface area (Å²) in [5.74, 6) is 0.582. The third-order valence-corrected chi connectivity index (χ3v) is 3.28. The Bertz CT molecular complexity index is 805. The van der Waals surface area contributed by atoms with Gasteiger partial charge in [0.1, 0.15) is 5.75 Å². The highest BCUT2D eigenvalue weighted by atomic mass is 35.5. The maximum absolute atomic E-state index is 12.0. The Morgan fingerprint density at radius 1 is 1.21 bits per heavy atom. The molecule has 0 atom stereocenters. The lowest BCUT2D eigenvalue weighted by Crippen LogP contribution is -2.14. The van der Waals surface area contributed by atoms with Crippen molar-refractivity contribution in [3.63, 3.8) is 0 Å². The van der Waals surface area contributed by atoms with Crippen molar-refractivity contribution in [2.75, 3.05) is 7.11 Å². The Labute approximate surface area is 114 Å². The van der Waals surface area contributed by atoms with Crippen LogP contribution < -0.4 is 10.4 Å². The average molecular weight is 275 g/mol. The standard InChI is InChI=1S/C14H11ClN2O2/c1-19-13-7-6-9(8-10(13)15)17-12-5-3-2-4-11(12)16-14(17)18/h2-8H,1H3,(H,16,18). The summed E-state index contributed by atoms with van der Waals surface area (Å²) in [6, 6.07) is 12.8. The fourth-order valence-electron chi connectivity index (χ4n) is 2.11. The van der Waals surface area contributed by atoms with E-state index >= 15 is 0 Å². The van der Waals surface area contributed by atoms with Crippen LogP contribution in [-0.4, -0.2) is 16.7 Å². The van der Waals surface area contributed by atoms with Crippen molar-refractivity contribution in [3.05, 3.63) is 58.0 Å². The van der Waals surface area contributed by atoms with Crippen LogP contribution in [-0.2, 0) is 0 Å². The molecule has 0 aliphatic heterocycles. The Morgan fingerprint density at radius 2 is 2.00 bits per heavy atom. The molecule has 1 heterocycles. The Balaban J connectivity index is 2.27. The van der Waals surface area contributed by atoms with Crippen LogP contribution in [0.5, 0.6) is 5.75 Å².